The average molecular weight is 288 g/mol. The van der Waals surface area contributed by atoms with E-state index in [1.165, 1.54) is 25.0 Å². The third kappa shape index (κ3) is 2.26. The highest BCUT2D eigenvalue weighted by Gasteiger charge is 2.52. The molecule has 1 N–H and O–H groups in total. The zero-order chi connectivity index (χ0) is 12.9. The summed E-state index contributed by atoms with van der Waals surface area (Å²) in [6.45, 7) is 3.16. The molecule has 0 saturated heterocycles. The van der Waals surface area contributed by atoms with Gasteiger partial charge in [0.1, 0.15) is 5.82 Å². The average Bonchev–Trinajstić information content (AvgIpc) is 3.18. The Balaban J connectivity index is 1.76. The number of benzene rings is 1. The first-order chi connectivity index (χ1) is 8.50. The quantitative estimate of drug-likeness (QED) is 0.820. The molecule has 0 spiro atoms. The van der Waals surface area contributed by atoms with Crippen LogP contribution in [0.25, 0.3) is 0 Å². The Labute approximate surface area is 117 Å². The highest BCUT2D eigenvalue weighted by Crippen LogP contribution is 2.56. The summed E-state index contributed by atoms with van der Waals surface area (Å²) in [5.74, 6) is 0.175. The number of hydrogen-bond acceptors (Lipinski definition) is 1. The van der Waals surface area contributed by atoms with Gasteiger partial charge in [0, 0.05) is 11.1 Å². The first-order valence-corrected chi connectivity index (χ1v) is 7.15. The second-order valence-corrected chi connectivity index (χ2v) is 6.56. The summed E-state index contributed by atoms with van der Waals surface area (Å²) in [7, 11) is 0. The Kier molecular flexibility index (Phi) is 3.08. The minimum absolute atomic E-state index is 0.00437. The fourth-order valence-corrected chi connectivity index (χ4v) is 3.24. The van der Waals surface area contributed by atoms with E-state index in [1.54, 1.807) is 0 Å². The Hall–Kier alpha value is -0.310. The highest BCUT2D eigenvalue weighted by molar-refractivity contribution is 6.35. The van der Waals surface area contributed by atoms with Gasteiger partial charge in [-0.1, -0.05) is 30.1 Å². The van der Waals surface area contributed by atoms with Crippen molar-refractivity contribution < 1.29 is 4.39 Å². The minimum atomic E-state index is -0.377. The van der Waals surface area contributed by atoms with Crippen LogP contribution in [0, 0.1) is 11.7 Å². The van der Waals surface area contributed by atoms with Crippen molar-refractivity contribution in [1.29, 1.82) is 0 Å². The van der Waals surface area contributed by atoms with E-state index in [4.69, 9.17) is 23.2 Å². The molecule has 18 heavy (non-hydrogen) atoms. The van der Waals surface area contributed by atoms with Crippen LogP contribution < -0.4 is 5.32 Å². The van der Waals surface area contributed by atoms with Crippen LogP contribution in [0.5, 0.6) is 0 Å². The van der Waals surface area contributed by atoms with Gasteiger partial charge < -0.3 is 5.32 Å². The molecule has 1 aromatic carbocycles. The third-order valence-electron chi connectivity index (χ3n) is 4.27. The standard InChI is InChI=1S/C14H16Cl2FN/c1-14(6-8(14)7-18-9-2-3-9)10-4-13(17)12(16)5-11(10)15/h4-5,8-9,18H,2-3,6-7H2,1H3. The lowest BCUT2D eigenvalue weighted by molar-refractivity contribution is 0.570. The van der Waals surface area contributed by atoms with Crippen LogP contribution in [0.4, 0.5) is 4.39 Å². The normalized spacial score (nSPS) is 30.6. The van der Waals surface area contributed by atoms with Crippen molar-refractivity contribution >= 4 is 23.2 Å². The van der Waals surface area contributed by atoms with E-state index in [0.29, 0.717) is 17.0 Å². The molecule has 1 nitrogen and oxygen atoms in total. The lowest BCUT2D eigenvalue weighted by Gasteiger charge is -2.15. The molecular formula is C14H16Cl2FN. The maximum atomic E-state index is 13.6. The van der Waals surface area contributed by atoms with Crippen LogP contribution in [0.2, 0.25) is 10.0 Å². The molecular weight excluding hydrogens is 272 g/mol. The lowest BCUT2D eigenvalue weighted by atomic mass is 9.95. The van der Waals surface area contributed by atoms with E-state index in [0.717, 1.165) is 18.5 Å². The second kappa shape index (κ2) is 4.36. The SMILES string of the molecule is CC1(c2cc(F)c(Cl)cc2Cl)CC1CNC1CC1. The molecule has 0 aromatic heterocycles. The number of nitrogens with one attached hydrogen (secondary N) is 1. The monoisotopic (exact) mass is 287 g/mol. The van der Waals surface area contributed by atoms with Gasteiger partial charge in [0.15, 0.2) is 0 Å². The van der Waals surface area contributed by atoms with Gasteiger partial charge in [0.25, 0.3) is 0 Å². The Morgan fingerprint density at radius 1 is 1.33 bits per heavy atom. The van der Waals surface area contributed by atoms with Crippen molar-refractivity contribution in [1.82, 2.24) is 5.32 Å². The van der Waals surface area contributed by atoms with Gasteiger partial charge >= 0.3 is 0 Å². The van der Waals surface area contributed by atoms with Crippen LogP contribution in [-0.2, 0) is 5.41 Å². The maximum Gasteiger partial charge on any atom is 0.142 e. The molecule has 1 aromatic rings. The smallest absolute Gasteiger partial charge is 0.142 e. The molecule has 0 bridgehead atoms. The van der Waals surface area contributed by atoms with Gasteiger partial charge in [-0.25, -0.2) is 4.39 Å². The zero-order valence-electron chi connectivity index (χ0n) is 10.3. The van der Waals surface area contributed by atoms with E-state index < -0.39 is 0 Å². The molecule has 4 heteroatoms. The largest absolute Gasteiger partial charge is 0.314 e. The van der Waals surface area contributed by atoms with E-state index in [-0.39, 0.29) is 16.3 Å². The highest BCUT2D eigenvalue weighted by atomic mass is 35.5. The molecule has 2 atom stereocenters. The lowest BCUT2D eigenvalue weighted by Crippen LogP contribution is -2.22. The van der Waals surface area contributed by atoms with E-state index in [2.05, 4.69) is 12.2 Å². The molecule has 3 rings (SSSR count). The van der Waals surface area contributed by atoms with Crippen molar-refractivity contribution in [3.8, 4) is 0 Å². The Bertz CT molecular complexity index is 487. The molecule has 98 valence electrons. The third-order valence-corrected chi connectivity index (χ3v) is 4.87. The molecule has 2 aliphatic rings. The molecule has 0 radical (unpaired) electrons. The van der Waals surface area contributed by atoms with Crippen molar-refractivity contribution in [3.05, 3.63) is 33.6 Å². The van der Waals surface area contributed by atoms with Crippen LogP contribution in [0.3, 0.4) is 0 Å². The number of hydrogen-bond donors (Lipinski definition) is 1. The van der Waals surface area contributed by atoms with Crippen molar-refractivity contribution in [2.45, 2.75) is 37.6 Å². The summed E-state index contributed by atoms with van der Waals surface area (Å²) < 4.78 is 13.6. The van der Waals surface area contributed by atoms with Crippen molar-refractivity contribution in [2.24, 2.45) is 5.92 Å². The summed E-state index contributed by atoms with van der Waals surface area (Å²) in [5.41, 5.74) is 0.901. The molecule has 2 fully saturated rings. The van der Waals surface area contributed by atoms with Gasteiger partial charge in [-0.2, -0.15) is 0 Å². The first-order valence-electron chi connectivity index (χ1n) is 6.39. The zero-order valence-corrected chi connectivity index (χ0v) is 11.8. The Morgan fingerprint density at radius 2 is 2.06 bits per heavy atom. The van der Waals surface area contributed by atoms with Crippen LogP contribution in [0.1, 0.15) is 31.7 Å². The summed E-state index contributed by atoms with van der Waals surface area (Å²) in [4.78, 5) is 0. The van der Waals surface area contributed by atoms with Gasteiger partial charge in [0.2, 0.25) is 0 Å². The van der Waals surface area contributed by atoms with Crippen LogP contribution in [0.15, 0.2) is 12.1 Å². The van der Waals surface area contributed by atoms with Crippen molar-refractivity contribution in [3.63, 3.8) is 0 Å². The van der Waals surface area contributed by atoms with E-state index in [9.17, 15) is 4.39 Å². The molecule has 0 amide bonds. The molecule has 2 aliphatic carbocycles. The maximum absolute atomic E-state index is 13.6. The van der Waals surface area contributed by atoms with E-state index in [1.807, 2.05) is 0 Å². The number of rotatable bonds is 4. The Morgan fingerprint density at radius 3 is 2.72 bits per heavy atom. The second-order valence-electron chi connectivity index (χ2n) is 5.75. The predicted molar refractivity (Wildman–Crippen MR) is 72.9 cm³/mol. The molecule has 2 unspecified atom stereocenters. The molecule has 0 aliphatic heterocycles. The van der Waals surface area contributed by atoms with Gasteiger partial charge in [-0.05, 0) is 54.8 Å². The topological polar surface area (TPSA) is 12.0 Å². The van der Waals surface area contributed by atoms with E-state index >= 15 is 0 Å². The summed E-state index contributed by atoms with van der Waals surface area (Å²) >= 11 is 11.9. The fourth-order valence-electron chi connectivity index (χ4n) is 2.64. The fraction of sp³-hybridized carbons (Fsp3) is 0.571. The van der Waals surface area contributed by atoms with Crippen LogP contribution in [-0.4, -0.2) is 12.6 Å². The van der Waals surface area contributed by atoms with Gasteiger partial charge in [-0.3, -0.25) is 0 Å². The summed E-state index contributed by atoms with van der Waals surface area (Å²) in [5, 5.41) is 4.21. The number of halogens is 3. The van der Waals surface area contributed by atoms with Crippen molar-refractivity contribution in [2.75, 3.05) is 6.54 Å². The first kappa shape index (κ1) is 12.7. The van der Waals surface area contributed by atoms with Crippen LogP contribution >= 0.6 is 23.2 Å². The molecule has 2 saturated carbocycles. The summed E-state index contributed by atoms with van der Waals surface area (Å²) in [6, 6.07) is 3.73. The van der Waals surface area contributed by atoms with Gasteiger partial charge in [-0.15, -0.1) is 0 Å². The molecule has 0 heterocycles. The summed E-state index contributed by atoms with van der Waals surface area (Å²) in [6.07, 6.45) is 3.65. The predicted octanol–water partition coefficient (Wildman–Crippen LogP) is 4.16. The van der Waals surface area contributed by atoms with Gasteiger partial charge in [0.05, 0.1) is 5.02 Å². The minimum Gasteiger partial charge on any atom is -0.314 e.